The zero-order valence-electron chi connectivity index (χ0n) is 10.7. The van der Waals surface area contributed by atoms with E-state index in [0.29, 0.717) is 19.0 Å². The maximum Gasteiger partial charge on any atom is 0.407 e. The summed E-state index contributed by atoms with van der Waals surface area (Å²) in [5.74, 6) is 1.32. The van der Waals surface area contributed by atoms with Crippen LogP contribution in [0.2, 0.25) is 0 Å². The summed E-state index contributed by atoms with van der Waals surface area (Å²) in [6.07, 6.45) is 5.46. The number of rotatable bonds is 2. The summed E-state index contributed by atoms with van der Waals surface area (Å²) in [5.41, 5.74) is 2.21. The number of amides is 1. The van der Waals surface area contributed by atoms with E-state index < -0.39 is 6.09 Å². The van der Waals surface area contributed by atoms with Crippen molar-refractivity contribution < 1.29 is 9.90 Å². The van der Waals surface area contributed by atoms with E-state index in [2.05, 4.69) is 22.4 Å². The fourth-order valence-corrected chi connectivity index (χ4v) is 2.46. The van der Waals surface area contributed by atoms with E-state index in [-0.39, 0.29) is 0 Å². The van der Waals surface area contributed by atoms with Crippen molar-refractivity contribution in [3.8, 4) is 0 Å². The molecule has 0 bridgehead atoms. The molecule has 2 aliphatic rings. The van der Waals surface area contributed by atoms with Gasteiger partial charge in [0.2, 0.25) is 0 Å². The Balaban J connectivity index is 1.63. The van der Waals surface area contributed by atoms with Gasteiger partial charge in [0, 0.05) is 25.6 Å². The van der Waals surface area contributed by atoms with E-state index in [1.165, 1.54) is 10.5 Å². The van der Waals surface area contributed by atoms with Crippen LogP contribution in [0.5, 0.6) is 0 Å². The highest BCUT2D eigenvalue weighted by Crippen LogP contribution is 2.21. The number of aryl methyl sites for hydroxylation is 1. The van der Waals surface area contributed by atoms with Gasteiger partial charge in [0.25, 0.3) is 0 Å². The molecule has 0 aromatic carbocycles. The van der Waals surface area contributed by atoms with Gasteiger partial charge in [0.15, 0.2) is 0 Å². The summed E-state index contributed by atoms with van der Waals surface area (Å²) < 4.78 is 0. The Morgan fingerprint density at radius 2 is 2.32 bits per heavy atom. The Morgan fingerprint density at radius 1 is 1.47 bits per heavy atom. The van der Waals surface area contributed by atoms with Gasteiger partial charge >= 0.3 is 6.09 Å². The van der Waals surface area contributed by atoms with Gasteiger partial charge in [-0.15, -0.1) is 0 Å². The van der Waals surface area contributed by atoms with Crippen molar-refractivity contribution in [1.29, 1.82) is 0 Å². The number of anilines is 1. The molecule has 0 saturated carbocycles. The number of hydrogen-bond acceptors (Lipinski definition) is 3. The molecule has 0 unspecified atom stereocenters. The fraction of sp³-hybridized carbons (Fsp3) is 0.429. The molecule has 100 valence electrons. The zero-order chi connectivity index (χ0) is 13.2. The Morgan fingerprint density at radius 3 is 3.11 bits per heavy atom. The van der Waals surface area contributed by atoms with Gasteiger partial charge in [0.1, 0.15) is 5.82 Å². The summed E-state index contributed by atoms with van der Waals surface area (Å²) in [5, 5.41) is 12.1. The Hall–Kier alpha value is -2.04. The molecule has 0 atom stereocenters. The molecule has 2 N–H and O–H groups in total. The van der Waals surface area contributed by atoms with Crippen LogP contribution in [0.15, 0.2) is 18.2 Å². The summed E-state index contributed by atoms with van der Waals surface area (Å²) in [6, 6.07) is 4.15. The van der Waals surface area contributed by atoms with Crippen molar-refractivity contribution in [2.45, 2.75) is 12.8 Å². The molecule has 1 aromatic rings. The highest BCUT2D eigenvalue weighted by atomic mass is 16.4. The number of nitrogens with zero attached hydrogens (tertiary/aromatic N) is 2. The number of aromatic nitrogens is 1. The number of pyridine rings is 1. The van der Waals surface area contributed by atoms with Crippen LogP contribution < -0.4 is 5.32 Å². The van der Waals surface area contributed by atoms with Crippen molar-refractivity contribution in [2.24, 2.45) is 5.92 Å². The van der Waals surface area contributed by atoms with Gasteiger partial charge in [-0.05, 0) is 30.5 Å². The van der Waals surface area contributed by atoms with Gasteiger partial charge in [0.05, 0.1) is 5.69 Å². The maximum absolute atomic E-state index is 10.6. The van der Waals surface area contributed by atoms with Crippen LogP contribution >= 0.6 is 0 Å². The summed E-state index contributed by atoms with van der Waals surface area (Å²) in [6.45, 7) is 2.17. The number of fused-ring (bicyclic) bond motifs is 1. The molecule has 1 fully saturated rings. The fourth-order valence-electron chi connectivity index (χ4n) is 2.46. The molecule has 3 heterocycles. The van der Waals surface area contributed by atoms with Crippen LogP contribution in [-0.4, -0.2) is 40.7 Å². The van der Waals surface area contributed by atoms with Crippen LogP contribution in [0, 0.1) is 5.92 Å². The monoisotopic (exact) mass is 259 g/mol. The minimum atomic E-state index is -0.833. The first kappa shape index (κ1) is 12.0. The SMILES string of the molecule is O=C(O)N1CC(/C=C/c2ccc3c(n2)NCCC3)C1. The minimum Gasteiger partial charge on any atom is -0.465 e. The second-order valence-electron chi connectivity index (χ2n) is 5.08. The predicted molar refractivity (Wildman–Crippen MR) is 73.2 cm³/mol. The van der Waals surface area contributed by atoms with Gasteiger partial charge in [-0.1, -0.05) is 12.1 Å². The van der Waals surface area contributed by atoms with Crippen LogP contribution in [0.3, 0.4) is 0 Å². The maximum atomic E-state index is 10.6. The standard InChI is InChI=1S/C14H17N3O2/c18-14(19)17-8-10(9-17)3-5-12-6-4-11-2-1-7-15-13(11)16-12/h3-6,10H,1-2,7-9H2,(H,15,16)(H,18,19)/b5-3+. The zero-order valence-corrected chi connectivity index (χ0v) is 10.7. The van der Waals surface area contributed by atoms with Crippen molar-refractivity contribution in [2.75, 3.05) is 25.0 Å². The molecule has 1 aromatic heterocycles. The second-order valence-corrected chi connectivity index (χ2v) is 5.08. The number of hydrogen-bond donors (Lipinski definition) is 2. The van der Waals surface area contributed by atoms with E-state index in [9.17, 15) is 4.79 Å². The van der Waals surface area contributed by atoms with Gasteiger partial charge < -0.3 is 15.3 Å². The third kappa shape index (κ3) is 2.54. The van der Waals surface area contributed by atoms with E-state index in [1.54, 1.807) is 0 Å². The molecule has 5 nitrogen and oxygen atoms in total. The van der Waals surface area contributed by atoms with Gasteiger partial charge in [-0.3, -0.25) is 0 Å². The summed E-state index contributed by atoms with van der Waals surface area (Å²) in [7, 11) is 0. The van der Waals surface area contributed by atoms with E-state index in [0.717, 1.165) is 30.9 Å². The lowest BCUT2D eigenvalue weighted by atomic mass is 10.00. The molecule has 5 heteroatoms. The highest BCUT2D eigenvalue weighted by molar-refractivity contribution is 5.66. The molecule has 1 amide bonds. The first-order valence-corrected chi connectivity index (χ1v) is 6.62. The van der Waals surface area contributed by atoms with Crippen molar-refractivity contribution in [3.63, 3.8) is 0 Å². The van der Waals surface area contributed by atoms with Crippen LogP contribution in [0.1, 0.15) is 17.7 Å². The third-order valence-electron chi connectivity index (χ3n) is 3.64. The van der Waals surface area contributed by atoms with Gasteiger partial charge in [-0.25, -0.2) is 9.78 Å². The van der Waals surface area contributed by atoms with Crippen LogP contribution in [0.25, 0.3) is 6.08 Å². The Labute approximate surface area is 111 Å². The average molecular weight is 259 g/mol. The largest absolute Gasteiger partial charge is 0.465 e. The molecule has 3 rings (SSSR count). The normalized spacial score (nSPS) is 18.8. The van der Waals surface area contributed by atoms with E-state index >= 15 is 0 Å². The Bertz CT molecular complexity index is 521. The van der Waals surface area contributed by atoms with Crippen molar-refractivity contribution >= 4 is 18.0 Å². The average Bonchev–Trinajstić information content (AvgIpc) is 2.36. The van der Waals surface area contributed by atoms with Crippen molar-refractivity contribution in [3.05, 3.63) is 29.5 Å². The van der Waals surface area contributed by atoms with E-state index in [1.807, 2.05) is 12.1 Å². The molecule has 19 heavy (non-hydrogen) atoms. The molecule has 1 saturated heterocycles. The predicted octanol–water partition coefficient (Wildman–Crippen LogP) is 2.06. The first-order chi connectivity index (χ1) is 9.22. The molecule has 2 aliphatic heterocycles. The smallest absolute Gasteiger partial charge is 0.407 e. The van der Waals surface area contributed by atoms with Crippen LogP contribution in [0.4, 0.5) is 10.6 Å². The lowest BCUT2D eigenvalue weighted by molar-refractivity contribution is 0.0975. The topological polar surface area (TPSA) is 65.5 Å². The Kier molecular flexibility index (Phi) is 3.11. The second kappa shape index (κ2) is 4.91. The number of carboxylic acid groups (broad SMARTS) is 1. The first-order valence-electron chi connectivity index (χ1n) is 6.62. The van der Waals surface area contributed by atoms with Crippen molar-refractivity contribution in [1.82, 2.24) is 9.88 Å². The molecular weight excluding hydrogens is 242 g/mol. The molecular formula is C14H17N3O2. The number of nitrogens with one attached hydrogen (secondary N) is 1. The highest BCUT2D eigenvalue weighted by Gasteiger charge is 2.28. The van der Waals surface area contributed by atoms with Crippen LogP contribution in [-0.2, 0) is 6.42 Å². The summed E-state index contributed by atoms with van der Waals surface area (Å²) in [4.78, 5) is 16.6. The molecule has 0 spiro atoms. The quantitative estimate of drug-likeness (QED) is 0.853. The summed E-state index contributed by atoms with van der Waals surface area (Å²) >= 11 is 0. The molecule has 0 aliphatic carbocycles. The lowest BCUT2D eigenvalue weighted by Gasteiger charge is -2.35. The third-order valence-corrected chi connectivity index (χ3v) is 3.64. The lowest BCUT2D eigenvalue weighted by Crippen LogP contribution is -2.48. The van der Waals surface area contributed by atoms with E-state index in [4.69, 9.17) is 5.11 Å². The number of likely N-dealkylation sites (tertiary alicyclic amines) is 1. The number of carbonyl (C=O) groups is 1. The minimum absolute atomic E-state index is 0.321. The van der Waals surface area contributed by atoms with Gasteiger partial charge in [-0.2, -0.15) is 0 Å². The molecule has 0 radical (unpaired) electrons.